The third-order valence-electron chi connectivity index (χ3n) is 28.5. The molecule has 7 N–H and O–H groups in total. The first kappa shape index (κ1) is 92.0. The number of aliphatic hydroxyl groups is 5. The fourth-order valence-electron chi connectivity index (χ4n) is 22.2. The van der Waals surface area contributed by atoms with Crippen LogP contribution in [0.5, 0.6) is 0 Å². The van der Waals surface area contributed by atoms with E-state index in [2.05, 4.69) is 22.1 Å². The molecule has 125 heavy (non-hydrogen) atoms. The van der Waals surface area contributed by atoms with Crippen LogP contribution in [0.25, 0.3) is 0 Å². The first-order chi connectivity index (χ1) is 59.0. The molecule has 4 saturated carbocycles. The Hall–Kier alpha value is -9.16. The SMILES string of the molecule is C=C[C@@H]1O[C@@H]2C3=C(C)[C@@H](OC(=O)[C@H](O)[C@@H](NC(=O)OC(C)C)c4ccccc4F)C[C@@](O)([C@@H](OC(=O)c4ccccc4)[C@H]4[C@@](C)(CC[C@H]5OC[C@]54OC(C)=O)[C@@H]2O1)C3(C)C.CC(=O)O[C@@]12CO[C@@H]1CC[C@@]1(C)[C@@H]3O[C@H](CN4CC[C@H]4CO)O[C@@H]3C3=C(C)[C@@H](OC(=O)[C@H](O)[C@@H](NC(=O)OC(C)C)c4ccccc4F)C[C@@](O)([C@@H](OC(=O)c4ccccc4)[C@@H]12)C3(C)C. The third kappa shape index (κ3) is 16.3. The quantitative estimate of drug-likeness (QED) is 0.0218. The summed E-state index contributed by atoms with van der Waals surface area (Å²) in [6, 6.07) is 23.8. The molecule has 678 valence electrons. The zero-order valence-corrected chi connectivity index (χ0v) is 72.7. The third-order valence-corrected chi connectivity index (χ3v) is 28.5. The largest absolute Gasteiger partial charge is 0.456 e. The highest BCUT2D eigenvalue weighted by atomic mass is 19.1. The van der Waals surface area contributed by atoms with Crippen LogP contribution in [0, 0.1) is 45.1 Å². The number of esters is 6. The second-order valence-corrected chi connectivity index (χ2v) is 37.1. The number of nitrogens with zero attached hydrogens (tertiary/aromatic N) is 1. The number of fused-ring (bicyclic) bond motifs is 16. The van der Waals surface area contributed by atoms with Crippen molar-refractivity contribution >= 4 is 48.0 Å². The summed E-state index contributed by atoms with van der Waals surface area (Å²) in [5.74, 6) is -8.88. The predicted octanol–water partition coefficient (Wildman–Crippen LogP) is 9.69. The smallest absolute Gasteiger partial charge is 0.407 e. The number of alkyl carbamates (subject to hydrolysis) is 2. The van der Waals surface area contributed by atoms with Gasteiger partial charge in [0, 0.05) is 78.6 Å². The van der Waals surface area contributed by atoms with Gasteiger partial charge in [-0.05, 0) is 138 Å². The lowest BCUT2D eigenvalue weighted by atomic mass is 9.45. The van der Waals surface area contributed by atoms with Crippen LogP contribution < -0.4 is 10.6 Å². The predicted molar refractivity (Wildman–Crippen MR) is 437 cm³/mol. The van der Waals surface area contributed by atoms with Gasteiger partial charge < -0.3 is 102 Å². The van der Waals surface area contributed by atoms with Gasteiger partial charge in [-0.2, -0.15) is 0 Å². The van der Waals surface area contributed by atoms with Crippen LogP contribution in [0.4, 0.5) is 18.4 Å². The summed E-state index contributed by atoms with van der Waals surface area (Å²) in [6.07, 6.45) is -16.4. The van der Waals surface area contributed by atoms with E-state index >= 15 is 8.78 Å². The van der Waals surface area contributed by atoms with E-state index in [0.29, 0.717) is 61.1 Å². The number of hydrogen-bond acceptors (Lipinski definition) is 28. The van der Waals surface area contributed by atoms with Gasteiger partial charge in [0.2, 0.25) is 0 Å². The first-order valence-electron chi connectivity index (χ1n) is 42.9. The Balaban J connectivity index is 0.000000204. The van der Waals surface area contributed by atoms with Gasteiger partial charge in [-0.25, -0.2) is 37.5 Å². The number of carbonyl (C=O) groups excluding carboxylic acids is 8. The first-order valence-corrected chi connectivity index (χ1v) is 42.9. The summed E-state index contributed by atoms with van der Waals surface area (Å²) in [4.78, 5) is 111. The molecule has 5 saturated heterocycles. The molecule has 0 unspecified atom stereocenters. The fourth-order valence-corrected chi connectivity index (χ4v) is 22.2. The second-order valence-electron chi connectivity index (χ2n) is 37.1. The lowest BCUT2D eigenvalue weighted by Crippen LogP contribution is -2.79. The van der Waals surface area contributed by atoms with Gasteiger partial charge in [-0.15, -0.1) is 0 Å². The molecule has 0 radical (unpaired) electrons. The lowest BCUT2D eigenvalue weighted by Gasteiger charge is -2.68. The second kappa shape index (κ2) is 35.1. The van der Waals surface area contributed by atoms with Crippen LogP contribution in [0.1, 0.15) is 186 Å². The van der Waals surface area contributed by atoms with Crippen molar-refractivity contribution in [1.29, 1.82) is 0 Å². The molecule has 5 aliphatic heterocycles. The number of amides is 2. The van der Waals surface area contributed by atoms with Gasteiger partial charge in [0.25, 0.3) is 0 Å². The molecule has 4 aromatic carbocycles. The van der Waals surface area contributed by atoms with Crippen LogP contribution in [-0.2, 0) is 85.5 Å². The Morgan fingerprint density at radius 2 is 0.960 bits per heavy atom. The molecule has 15 rings (SSSR count). The molecule has 25 atom stereocenters. The molecular formula is C93H115F2N3O27. The molecule has 0 aromatic heterocycles. The number of aliphatic hydroxyl groups excluding tert-OH is 3. The molecule has 9 fully saturated rings. The minimum atomic E-state index is -2.19. The summed E-state index contributed by atoms with van der Waals surface area (Å²) in [5.41, 5.74) is -9.93. The van der Waals surface area contributed by atoms with Crippen molar-refractivity contribution < 1.29 is 139 Å². The van der Waals surface area contributed by atoms with Crippen LogP contribution in [0.3, 0.4) is 0 Å². The standard InChI is InChI=1S/C48H61FN2O14.C45H54FNO13/c1-25(2)60-44(57)50-36(30-15-11-12-16-31(30)49)37(54)43(56)61-32-21-48(58)41(64-42(55)28-13-9-8-10-14-28)39-46(7,19-17-33-47(39,24-59-33)65-27(4)53)40-38(35(26(32)3)45(48,5)6)62-34(63-40)22-51-20-18-29(51)23-52;1-9-31-57-35-32-24(4)29(56-40(51)34(49)33(47-41(52)55-23(2)3)27-17-13-14-18-28(27)46)21-45(53,42(32,6)7)38(59-39(50)26-15-11-10-12-16-26)36-43(8,37(35)58-31)20-19-30-44(36,22-54-30)60-25(5)48/h8-16,25,29,32-34,36-41,52,54,58H,17-24H2,1-7H3,(H,50,57);9-18,23,29-31,33-38,49,53H,1,19-22H2,2-8H3,(H,47,52)/t29-,32-,33+,34+,36-,37+,38+,39-,40+,41-,46+,47-,48+;29-,30+,31+,33-,34+,35+,36-,37+,38-,43+,44-,45+/m00/s1. The molecule has 32 heteroatoms. The highest BCUT2D eigenvalue weighted by Crippen LogP contribution is 2.70. The maximum absolute atomic E-state index is 15.4. The van der Waals surface area contributed by atoms with Gasteiger partial charge in [-0.3, -0.25) is 14.5 Å². The Kier molecular flexibility index (Phi) is 25.9. The molecule has 11 aliphatic rings. The molecule has 30 nitrogen and oxygen atoms in total. The maximum atomic E-state index is 15.4. The molecule has 2 amide bonds. The Morgan fingerprint density at radius 3 is 1.32 bits per heavy atom. The van der Waals surface area contributed by atoms with Gasteiger partial charge in [0.05, 0.1) is 79.3 Å². The fraction of sp³-hybridized carbons (Fsp3) is 0.591. The Bertz CT molecular complexity index is 4830. The summed E-state index contributed by atoms with van der Waals surface area (Å²) in [7, 11) is 0. The number of hydrogen-bond donors (Lipinski definition) is 7. The van der Waals surface area contributed by atoms with Crippen molar-refractivity contribution in [2.24, 2.45) is 33.5 Å². The zero-order chi connectivity index (χ0) is 90.3. The van der Waals surface area contributed by atoms with Gasteiger partial charge in [0.15, 0.2) is 36.0 Å². The van der Waals surface area contributed by atoms with E-state index in [-0.39, 0.29) is 54.5 Å². The molecule has 0 spiro atoms. The van der Waals surface area contributed by atoms with Crippen molar-refractivity contribution in [2.45, 2.75) is 280 Å². The van der Waals surface area contributed by atoms with E-state index in [9.17, 15) is 63.9 Å². The maximum Gasteiger partial charge on any atom is 0.407 e. The highest BCUT2D eigenvalue weighted by molar-refractivity contribution is 5.90. The van der Waals surface area contributed by atoms with Crippen molar-refractivity contribution in [3.05, 3.63) is 178 Å². The number of halogens is 2. The number of rotatable bonds is 22. The number of carbonyl (C=O) groups is 8. The molecule has 5 heterocycles. The van der Waals surface area contributed by atoms with Crippen LogP contribution in [-0.4, -0.2) is 238 Å². The van der Waals surface area contributed by atoms with Gasteiger partial charge in [0.1, 0.15) is 71.7 Å². The van der Waals surface area contributed by atoms with Gasteiger partial charge in [-0.1, -0.05) is 121 Å². The topological polar surface area (TPSA) is 394 Å². The van der Waals surface area contributed by atoms with Crippen molar-refractivity contribution in [1.82, 2.24) is 15.5 Å². The average Bonchev–Trinajstić information content (AvgIpc) is 1.63. The van der Waals surface area contributed by atoms with Crippen molar-refractivity contribution in [2.75, 3.05) is 32.9 Å². The van der Waals surface area contributed by atoms with E-state index in [1.807, 2.05) is 13.8 Å². The van der Waals surface area contributed by atoms with Crippen LogP contribution >= 0.6 is 0 Å². The van der Waals surface area contributed by atoms with Crippen molar-refractivity contribution in [3.63, 3.8) is 0 Å². The van der Waals surface area contributed by atoms with E-state index in [1.54, 1.807) is 130 Å². The van der Waals surface area contributed by atoms with Crippen LogP contribution in [0.2, 0.25) is 0 Å². The minimum absolute atomic E-state index is 0.0461. The average molecular weight is 1740 g/mol. The monoisotopic (exact) mass is 1740 g/mol. The van der Waals surface area contributed by atoms with E-state index in [0.717, 1.165) is 18.6 Å². The number of nitrogens with one attached hydrogen (secondary N) is 2. The van der Waals surface area contributed by atoms with Crippen LogP contribution in [0.15, 0.2) is 144 Å². The van der Waals surface area contributed by atoms with E-state index in [1.165, 1.54) is 56.3 Å². The van der Waals surface area contributed by atoms with E-state index in [4.69, 9.17) is 66.3 Å². The minimum Gasteiger partial charge on any atom is -0.456 e. The summed E-state index contributed by atoms with van der Waals surface area (Å²) >= 11 is 0. The summed E-state index contributed by atoms with van der Waals surface area (Å²) in [6.45, 7) is 28.3. The molecular weight excluding hydrogens is 1630 g/mol. The molecule has 4 aromatic rings. The molecule has 6 aliphatic carbocycles. The Labute approximate surface area is 724 Å². The highest BCUT2D eigenvalue weighted by Gasteiger charge is 2.80. The number of benzene rings is 4. The zero-order valence-electron chi connectivity index (χ0n) is 72.7. The number of likely N-dealkylation sites (tertiary alicyclic amines) is 1. The number of ether oxygens (including phenoxy) is 14. The van der Waals surface area contributed by atoms with E-state index < -0.39 is 232 Å². The summed E-state index contributed by atoms with van der Waals surface area (Å²) in [5, 5.41) is 65.9. The lowest BCUT2D eigenvalue weighted by molar-refractivity contribution is -0.345. The van der Waals surface area contributed by atoms with Gasteiger partial charge >= 0.3 is 48.0 Å². The van der Waals surface area contributed by atoms with Crippen molar-refractivity contribution in [3.8, 4) is 0 Å². The normalized spacial score (nSPS) is 35.2. The molecule has 4 bridgehead atoms. The summed E-state index contributed by atoms with van der Waals surface area (Å²) < 4.78 is 119. The Morgan fingerprint density at radius 1 is 0.560 bits per heavy atom.